The third-order valence-corrected chi connectivity index (χ3v) is 4.44. The van der Waals surface area contributed by atoms with E-state index in [9.17, 15) is 9.59 Å². The monoisotopic (exact) mass is 398 g/mol. The molecule has 0 aromatic heterocycles. The van der Waals surface area contributed by atoms with Gasteiger partial charge in [0.25, 0.3) is 0 Å². The average molecular weight is 398 g/mol. The summed E-state index contributed by atoms with van der Waals surface area (Å²) in [7, 11) is 0. The van der Waals surface area contributed by atoms with Crippen molar-refractivity contribution in [3.63, 3.8) is 0 Å². The van der Waals surface area contributed by atoms with Crippen LogP contribution in [-0.4, -0.2) is 11.9 Å². The molecule has 3 aromatic rings. The fourth-order valence-corrected chi connectivity index (χ4v) is 2.92. The first-order valence-electron chi connectivity index (χ1n) is 9.54. The molecule has 0 saturated heterocycles. The molecule has 30 heavy (non-hydrogen) atoms. The van der Waals surface area contributed by atoms with Crippen LogP contribution in [0.1, 0.15) is 31.8 Å². The summed E-state index contributed by atoms with van der Waals surface area (Å²) in [5.41, 5.74) is 2.43. The van der Waals surface area contributed by atoms with E-state index in [1.807, 2.05) is 24.3 Å². The summed E-state index contributed by atoms with van der Waals surface area (Å²) in [6.45, 7) is 7.43. The number of esters is 2. The average Bonchev–Trinajstić information content (AvgIpc) is 2.77. The van der Waals surface area contributed by atoms with Crippen LogP contribution >= 0.6 is 0 Å². The predicted molar refractivity (Wildman–Crippen MR) is 117 cm³/mol. The van der Waals surface area contributed by atoms with Crippen LogP contribution in [0.4, 0.5) is 0 Å². The van der Waals surface area contributed by atoms with E-state index < -0.39 is 11.9 Å². The van der Waals surface area contributed by atoms with E-state index in [-0.39, 0.29) is 0 Å². The third-order valence-electron chi connectivity index (χ3n) is 4.44. The smallest absolute Gasteiger partial charge is 0.343 e. The molecule has 0 atom stereocenters. The number of benzene rings is 3. The molecular formula is C26H22O4. The minimum atomic E-state index is -0.497. The Balaban J connectivity index is 1.70. The van der Waals surface area contributed by atoms with E-state index in [0.29, 0.717) is 35.5 Å². The molecule has 0 spiro atoms. The van der Waals surface area contributed by atoms with Gasteiger partial charge in [-0.1, -0.05) is 48.6 Å². The predicted octanol–water partition coefficient (Wildman–Crippen LogP) is 5.58. The van der Waals surface area contributed by atoms with E-state index in [1.54, 1.807) is 60.7 Å². The number of hydrogen-bond acceptors (Lipinski definition) is 4. The number of ether oxygens (including phenoxy) is 2. The van der Waals surface area contributed by atoms with E-state index >= 15 is 0 Å². The summed E-state index contributed by atoms with van der Waals surface area (Å²) in [4.78, 5) is 25.0. The SMILES string of the molecule is C=CCc1ccccc1OC(=O)c1ccc(C(=O)Oc2ccccc2CC=C)cc1. The summed E-state index contributed by atoms with van der Waals surface area (Å²) in [6.07, 6.45) is 4.70. The molecule has 0 bridgehead atoms. The molecule has 0 aliphatic heterocycles. The Bertz CT molecular complexity index is 978. The molecule has 4 heteroatoms. The molecule has 0 radical (unpaired) electrons. The Kier molecular flexibility index (Phi) is 6.95. The summed E-state index contributed by atoms with van der Waals surface area (Å²) < 4.78 is 11.0. The van der Waals surface area contributed by atoms with Crippen LogP contribution in [0.25, 0.3) is 0 Å². The van der Waals surface area contributed by atoms with Crippen molar-refractivity contribution in [1.29, 1.82) is 0 Å². The van der Waals surface area contributed by atoms with Crippen molar-refractivity contribution in [2.24, 2.45) is 0 Å². The van der Waals surface area contributed by atoms with E-state index in [0.717, 1.165) is 11.1 Å². The van der Waals surface area contributed by atoms with Gasteiger partial charge >= 0.3 is 11.9 Å². The third kappa shape index (κ3) is 5.11. The molecular weight excluding hydrogens is 376 g/mol. The minimum absolute atomic E-state index is 0.340. The van der Waals surface area contributed by atoms with Gasteiger partial charge in [0.05, 0.1) is 11.1 Å². The molecule has 4 nitrogen and oxygen atoms in total. The Morgan fingerprint density at radius 3 is 1.37 bits per heavy atom. The maximum atomic E-state index is 12.5. The van der Waals surface area contributed by atoms with Gasteiger partial charge in [-0.2, -0.15) is 0 Å². The zero-order valence-electron chi connectivity index (χ0n) is 16.5. The Labute approximate surface area is 176 Å². The van der Waals surface area contributed by atoms with Crippen molar-refractivity contribution in [2.75, 3.05) is 0 Å². The first-order chi connectivity index (χ1) is 14.6. The van der Waals surface area contributed by atoms with Crippen molar-refractivity contribution < 1.29 is 19.1 Å². The van der Waals surface area contributed by atoms with E-state index in [2.05, 4.69) is 13.2 Å². The molecule has 0 aliphatic carbocycles. The second-order valence-electron chi connectivity index (χ2n) is 6.56. The van der Waals surface area contributed by atoms with Crippen molar-refractivity contribution in [3.8, 4) is 11.5 Å². The van der Waals surface area contributed by atoms with Crippen LogP contribution in [0.2, 0.25) is 0 Å². The minimum Gasteiger partial charge on any atom is -0.423 e. The number of para-hydroxylation sites is 2. The molecule has 0 aliphatic rings. The van der Waals surface area contributed by atoms with Crippen molar-refractivity contribution in [3.05, 3.63) is 120 Å². The standard InChI is InChI=1S/C26H22O4/c1-3-9-19-11-5-7-13-23(19)29-25(27)21-15-17-22(18-16-21)26(28)30-24-14-8-6-12-20(24)10-4-2/h3-8,11-18H,1-2,9-10H2. The first kappa shape index (κ1) is 20.8. The van der Waals surface area contributed by atoms with Crippen LogP contribution in [0.5, 0.6) is 11.5 Å². The maximum Gasteiger partial charge on any atom is 0.343 e. The van der Waals surface area contributed by atoms with Gasteiger partial charge < -0.3 is 9.47 Å². The van der Waals surface area contributed by atoms with Gasteiger partial charge in [-0.3, -0.25) is 0 Å². The van der Waals surface area contributed by atoms with Crippen LogP contribution in [-0.2, 0) is 12.8 Å². The number of carbonyl (C=O) groups excluding carboxylic acids is 2. The quantitative estimate of drug-likeness (QED) is 0.282. The Hall–Kier alpha value is -3.92. The molecule has 0 N–H and O–H groups in total. The second kappa shape index (κ2) is 10.0. The molecule has 0 saturated carbocycles. The fourth-order valence-electron chi connectivity index (χ4n) is 2.92. The molecule has 0 unspecified atom stereocenters. The van der Waals surface area contributed by atoms with Gasteiger partial charge in [0.2, 0.25) is 0 Å². The van der Waals surface area contributed by atoms with Crippen LogP contribution < -0.4 is 9.47 Å². The van der Waals surface area contributed by atoms with Crippen LogP contribution in [0.3, 0.4) is 0 Å². The summed E-state index contributed by atoms with van der Waals surface area (Å²) in [5, 5.41) is 0. The number of allylic oxidation sites excluding steroid dienone is 2. The molecule has 3 aromatic carbocycles. The first-order valence-corrected chi connectivity index (χ1v) is 9.54. The van der Waals surface area contributed by atoms with E-state index in [4.69, 9.17) is 9.47 Å². The molecule has 0 amide bonds. The van der Waals surface area contributed by atoms with Crippen molar-refractivity contribution >= 4 is 11.9 Å². The van der Waals surface area contributed by atoms with Gasteiger partial charge in [0.15, 0.2) is 0 Å². The van der Waals surface area contributed by atoms with Gasteiger partial charge in [0, 0.05) is 0 Å². The normalized spacial score (nSPS) is 10.1. The lowest BCUT2D eigenvalue weighted by atomic mass is 10.1. The lowest BCUT2D eigenvalue weighted by Gasteiger charge is -2.10. The maximum absolute atomic E-state index is 12.5. The van der Waals surface area contributed by atoms with Gasteiger partial charge in [-0.15, -0.1) is 13.2 Å². The summed E-state index contributed by atoms with van der Waals surface area (Å²) in [5.74, 6) is -0.0139. The largest absolute Gasteiger partial charge is 0.423 e. The lowest BCUT2D eigenvalue weighted by Crippen LogP contribution is -2.12. The van der Waals surface area contributed by atoms with Gasteiger partial charge in [-0.25, -0.2) is 9.59 Å². The zero-order valence-corrected chi connectivity index (χ0v) is 16.5. The molecule has 3 rings (SSSR count). The molecule has 0 heterocycles. The van der Waals surface area contributed by atoms with Gasteiger partial charge in [-0.05, 0) is 60.4 Å². The number of rotatable bonds is 8. The highest BCUT2D eigenvalue weighted by molar-refractivity contribution is 5.95. The van der Waals surface area contributed by atoms with Crippen molar-refractivity contribution in [1.82, 2.24) is 0 Å². The highest BCUT2D eigenvalue weighted by atomic mass is 16.5. The summed E-state index contributed by atoms with van der Waals surface area (Å²) in [6, 6.07) is 20.8. The highest BCUT2D eigenvalue weighted by Gasteiger charge is 2.14. The number of hydrogen-bond donors (Lipinski definition) is 0. The Morgan fingerprint density at radius 1 is 0.633 bits per heavy atom. The van der Waals surface area contributed by atoms with Gasteiger partial charge in [0.1, 0.15) is 11.5 Å². The molecule has 0 fully saturated rings. The van der Waals surface area contributed by atoms with Crippen LogP contribution in [0.15, 0.2) is 98.1 Å². The number of carbonyl (C=O) groups is 2. The molecule has 150 valence electrons. The second-order valence-corrected chi connectivity index (χ2v) is 6.56. The lowest BCUT2D eigenvalue weighted by molar-refractivity contribution is 0.0719. The Morgan fingerprint density at radius 2 is 1.00 bits per heavy atom. The zero-order chi connectivity index (χ0) is 21.3. The fraction of sp³-hybridized carbons (Fsp3) is 0.0769. The van der Waals surface area contributed by atoms with E-state index in [1.165, 1.54) is 0 Å². The highest BCUT2D eigenvalue weighted by Crippen LogP contribution is 2.22. The topological polar surface area (TPSA) is 52.6 Å². The van der Waals surface area contributed by atoms with Crippen LogP contribution in [0, 0.1) is 0 Å². The summed E-state index contributed by atoms with van der Waals surface area (Å²) >= 11 is 0. The van der Waals surface area contributed by atoms with Crippen molar-refractivity contribution in [2.45, 2.75) is 12.8 Å².